The molecule has 0 saturated carbocycles. The molecule has 2 aromatic rings. The third-order valence-electron chi connectivity index (χ3n) is 4.24. The van der Waals surface area contributed by atoms with Crippen LogP contribution in [-0.2, 0) is 6.61 Å². The quantitative estimate of drug-likeness (QED) is 0.869. The fraction of sp³-hybridized carbons (Fsp3) is 0.316. The molecule has 1 N–H and O–H groups in total. The Hall–Kier alpha value is -2.60. The molecule has 0 amide bonds. The molecular weight excluding hydrogens is 360 g/mol. The zero-order chi connectivity index (χ0) is 18.5. The zero-order valence-corrected chi connectivity index (χ0v) is 15.1. The third-order valence-corrected chi connectivity index (χ3v) is 4.59. The normalized spacial score (nSPS) is 16.8. The van der Waals surface area contributed by atoms with Crippen LogP contribution in [0, 0.1) is 0 Å². The summed E-state index contributed by atoms with van der Waals surface area (Å²) in [5.41, 5.74) is 0.277. The number of Topliss-reactive ketones (excluding diaryl/α,β-unsaturated/α-hetero) is 1. The maximum atomic E-state index is 12.2. The van der Waals surface area contributed by atoms with E-state index in [0.29, 0.717) is 33.6 Å². The molecule has 2 aromatic carbocycles. The summed E-state index contributed by atoms with van der Waals surface area (Å²) >= 11 is 6.24. The number of halogens is 1. The Kier molecular flexibility index (Phi) is 3.88. The van der Waals surface area contributed by atoms with E-state index in [4.69, 9.17) is 30.5 Å². The van der Waals surface area contributed by atoms with Crippen LogP contribution in [0.3, 0.4) is 0 Å². The number of carbonyl (C=O) groups is 1. The Morgan fingerprint density at radius 2 is 1.88 bits per heavy atom. The Morgan fingerprint density at radius 3 is 2.65 bits per heavy atom. The van der Waals surface area contributed by atoms with Gasteiger partial charge in [0.1, 0.15) is 35.0 Å². The predicted octanol–water partition coefficient (Wildman–Crippen LogP) is 4.10. The summed E-state index contributed by atoms with van der Waals surface area (Å²) in [4.78, 5) is 12.2. The van der Waals surface area contributed by atoms with E-state index < -0.39 is 5.60 Å². The fourth-order valence-corrected chi connectivity index (χ4v) is 3.27. The summed E-state index contributed by atoms with van der Waals surface area (Å²) in [6.07, 6.45) is 0.209. The van der Waals surface area contributed by atoms with Crippen molar-refractivity contribution >= 4 is 17.4 Å². The van der Waals surface area contributed by atoms with Crippen molar-refractivity contribution in [1.29, 1.82) is 0 Å². The van der Waals surface area contributed by atoms with Crippen LogP contribution < -0.4 is 18.9 Å². The van der Waals surface area contributed by atoms with Crippen molar-refractivity contribution in [3.63, 3.8) is 0 Å². The van der Waals surface area contributed by atoms with Gasteiger partial charge in [0.2, 0.25) is 6.79 Å². The van der Waals surface area contributed by atoms with Gasteiger partial charge < -0.3 is 24.1 Å². The highest BCUT2D eigenvalue weighted by Crippen LogP contribution is 2.42. The highest BCUT2D eigenvalue weighted by atomic mass is 35.5. The van der Waals surface area contributed by atoms with Gasteiger partial charge in [0.25, 0.3) is 0 Å². The topological polar surface area (TPSA) is 74.2 Å². The van der Waals surface area contributed by atoms with Gasteiger partial charge in [-0.1, -0.05) is 11.6 Å². The second kappa shape index (κ2) is 5.99. The Labute approximate surface area is 155 Å². The van der Waals surface area contributed by atoms with Crippen molar-refractivity contribution in [2.45, 2.75) is 32.5 Å². The van der Waals surface area contributed by atoms with Crippen molar-refractivity contribution in [1.82, 2.24) is 0 Å². The van der Waals surface area contributed by atoms with Crippen molar-refractivity contribution < 1.29 is 28.8 Å². The lowest BCUT2D eigenvalue weighted by Gasteiger charge is -2.32. The molecule has 0 aliphatic carbocycles. The molecule has 7 heteroatoms. The van der Waals surface area contributed by atoms with Gasteiger partial charge in [-0.15, -0.1) is 0 Å². The average molecular weight is 377 g/mol. The fourth-order valence-electron chi connectivity index (χ4n) is 3.06. The number of rotatable bonds is 3. The van der Waals surface area contributed by atoms with Gasteiger partial charge >= 0.3 is 0 Å². The van der Waals surface area contributed by atoms with E-state index >= 15 is 0 Å². The van der Waals surface area contributed by atoms with Crippen LogP contribution in [-0.4, -0.2) is 23.3 Å². The summed E-state index contributed by atoms with van der Waals surface area (Å²) in [6, 6.07) is 6.44. The molecule has 2 heterocycles. The Morgan fingerprint density at radius 1 is 1.15 bits per heavy atom. The standard InChI is InChI=1S/C19H17ClO6/c1-19(2)7-14(22)18-13(21)4-11(5-17(18)26-19)23-8-10-3-15-16(6-12(10)20)25-9-24-15/h3-6,21H,7-9H2,1-2H3. The first kappa shape index (κ1) is 16.8. The van der Waals surface area contributed by atoms with E-state index in [0.717, 1.165) is 0 Å². The molecule has 2 aliphatic rings. The first-order valence-electron chi connectivity index (χ1n) is 8.12. The minimum absolute atomic E-state index is 0.154. The van der Waals surface area contributed by atoms with E-state index in [-0.39, 0.29) is 36.9 Å². The maximum absolute atomic E-state index is 12.2. The smallest absolute Gasteiger partial charge is 0.231 e. The van der Waals surface area contributed by atoms with Gasteiger partial charge in [0, 0.05) is 23.8 Å². The lowest BCUT2D eigenvalue weighted by atomic mass is 9.92. The van der Waals surface area contributed by atoms with E-state index in [1.54, 1.807) is 18.2 Å². The highest BCUT2D eigenvalue weighted by molar-refractivity contribution is 6.31. The van der Waals surface area contributed by atoms with Crippen LogP contribution in [0.1, 0.15) is 36.2 Å². The number of benzene rings is 2. The number of carbonyl (C=O) groups excluding carboxylic acids is 1. The van der Waals surface area contributed by atoms with Crippen LogP contribution in [0.25, 0.3) is 0 Å². The van der Waals surface area contributed by atoms with Crippen molar-refractivity contribution in [2.75, 3.05) is 6.79 Å². The van der Waals surface area contributed by atoms with Gasteiger partial charge in [0.05, 0.1) is 11.4 Å². The SMILES string of the molecule is CC1(C)CC(=O)c2c(O)cc(OCc3cc4c(cc3Cl)OCO4)cc2O1. The van der Waals surface area contributed by atoms with E-state index in [2.05, 4.69) is 0 Å². The summed E-state index contributed by atoms with van der Waals surface area (Å²) in [5.74, 6) is 1.59. The molecule has 4 rings (SSSR count). The summed E-state index contributed by atoms with van der Waals surface area (Å²) in [6.45, 7) is 3.97. The molecule has 0 fully saturated rings. The zero-order valence-electron chi connectivity index (χ0n) is 14.3. The first-order chi connectivity index (χ1) is 12.3. The molecule has 0 spiro atoms. The van der Waals surface area contributed by atoms with Crippen LogP contribution in [0.4, 0.5) is 0 Å². The monoisotopic (exact) mass is 376 g/mol. The molecule has 6 nitrogen and oxygen atoms in total. The molecule has 136 valence electrons. The molecule has 0 atom stereocenters. The van der Waals surface area contributed by atoms with Crippen LogP contribution in [0.2, 0.25) is 5.02 Å². The van der Waals surface area contributed by atoms with Gasteiger partial charge in [0.15, 0.2) is 17.3 Å². The predicted molar refractivity (Wildman–Crippen MR) is 93.7 cm³/mol. The number of hydrogen-bond acceptors (Lipinski definition) is 6. The Balaban J connectivity index is 1.58. The first-order valence-corrected chi connectivity index (χ1v) is 8.50. The number of phenolic OH excluding ortho intramolecular Hbond substituents is 1. The maximum Gasteiger partial charge on any atom is 0.231 e. The van der Waals surface area contributed by atoms with Gasteiger partial charge in [-0.2, -0.15) is 0 Å². The minimum atomic E-state index is -0.629. The van der Waals surface area contributed by atoms with E-state index in [1.165, 1.54) is 6.07 Å². The van der Waals surface area contributed by atoms with Gasteiger partial charge in [-0.25, -0.2) is 0 Å². The number of fused-ring (bicyclic) bond motifs is 2. The molecule has 0 aromatic heterocycles. The minimum Gasteiger partial charge on any atom is -0.507 e. The lowest BCUT2D eigenvalue weighted by molar-refractivity contribution is 0.0612. The number of aromatic hydroxyl groups is 1. The Bertz CT molecular complexity index is 905. The average Bonchev–Trinajstić information content (AvgIpc) is 2.97. The second-order valence-corrected chi connectivity index (χ2v) is 7.27. The van der Waals surface area contributed by atoms with Crippen LogP contribution >= 0.6 is 11.6 Å². The van der Waals surface area contributed by atoms with Crippen LogP contribution in [0.5, 0.6) is 28.7 Å². The summed E-state index contributed by atoms with van der Waals surface area (Å²) < 4.78 is 22.2. The number of ether oxygens (including phenoxy) is 4. The van der Waals surface area contributed by atoms with Crippen molar-refractivity contribution in [3.8, 4) is 28.7 Å². The molecule has 2 aliphatic heterocycles. The van der Waals surface area contributed by atoms with Crippen LogP contribution in [0.15, 0.2) is 24.3 Å². The summed E-state index contributed by atoms with van der Waals surface area (Å²) in [5, 5.41) is 10.7. The van der Waals surface area contributed by atoms with Gasteiger partial charge in [-0.3, -0.25) is 4.79 Å². The van der Waals surface area contributed by atoms with Crippen molar-refractivity contribution in [3.05, 3.63) is 40.4 Å². The van der Waals surface area contributed by atoms with E-state index in [9.17, 15) is 9.90 Å². The molecule has 0 radical (unpaired) electrons. The van der Waals surface area contributed by atoms with Gasteiger partial charge in [-0.05, 0) is 19.9 Å². The lowest BCUT2D eigenvalue weighted by Crippen LogP contribution is -2.35. The molecular formula is C19H17ClO6. The van der Waals surface area contributed by atoms with E-state index in [1.807, 2.05) is 13.8 Å². The molecule has 0 unspecified atom stereocenters. The number of ketones is 1. The third kappa shape index (κ3) is 3.01. The molecule has 0 saturated heterocycles. The molecule has 26 heavy (non-hydrogen) atoms. The summed E-state index contributed by atoms with van der Waals surface area (Å²) in [7, 11) is 0. The number of phenols is 1. The highest BCUT2D eigenvalue weighted by Gasteiger charge is 2.35. The second-order valence-electron chi connectivity index (χ2n) is 6.86. The van der Waals surface area contributed by atoms with Crippen molar-refractivity contribution in [2.24, 2.45) is 0 Å². The molecule has 0 bridgehead atoms. The number of hydrogen-bond donors (Lipinski definition) is 1. The largest absolute Gasteiger partial charge is 0.507 e.